The predicted octanol–water partition coefficient (Wildman–Crippen LogP) is 6.73. The zero-order valence-electron chi connectivity index (χ0n) is 26.4. The molecule has 2 aromatic heterocycles. The summed E-state index contributed by atoms with van der Waals surface area (Å²) in [6.45, 7) is 9.80. The Morgan fingerprint density at radius 2 is 1.83 bits per heavy atom. The lowest BCUT2D eigenvalue weighted by atomic mass is 9.71. The Labute approximate surface area is 274 Å². The number of aldehydes is 1. The first kappa shape index (κ1) is 36.2. The van der Waals surface area contributed by atoms with E-state index in [1.54, 1.807) is 23.8 Å². The van der Waals surface area contributed by atoms with E-state index in [0.717, 1.165) is 55.7 Å². The smallest absolute Gasteiger partial charge is 0.399 e. The van der Waals surface area contributed by atoms with Crippen LogP contribution in [0, 0.1) is 5.82 Å². The number of rotatable bonds is 4. The molecular weight excluding hydrogens is 675 g/mol. The molecule has 2 atom stereocenters. The quantitative estimate of drug-likeness (QED) is 0.181. The summed E-state index contributed by atoms with van der Waals surface area (Å²) in [7, 11) is 1.40. The van der Waals surface area contributed by atoms with Crippen molar-refractivity contribution in [1.82, 2.24) is 19.9 Å². The lowest BCUT2D eigenvalue weighted by molar-refractivity contribution is -0.161. The minimum Gasteiger partial charge on any atom is -0.399 e. The van der Waals surface area contributed by atoms with E-state index in [-0.39, 0.29) is 36.2 Å². The third-order valence-corrected chi connectivity index (χ3v) is 8.81. The lowest BCUT2D eigenvalue weighted by Gasteiger charge is -2.31. The predicted molar refractivity (Wildman–Crippen MR) is 168 cm³/mol. The molecule has 7 rings (SSSR count). The lowest BCUT2D eigenvalue weighted by Crippen LogP contribution is -2.35. The molecule has 1 N–H and O–H groups in total. The zero-order chi connectivity index (χ0) is 33.8. The van der Waals surface area contributed by atoms with Gasteiger partial charge in [0.25, 0.3) is 0 Å². The molecule has 1 spiro atoms. The van der Waals surface area contributed by atoms with Crippen LogP contribution in [0.5, 0.6) is 0 Å². The Bertz CT molecular complexity index is 1530. The van der Waals surface area contributed by atoms with Crippen LogP contribution < -0.4 is 5.32 Å². The monoisotopic (exact) mass is 712 g/mol. The molecule has 0 radical (unpaired) electrons. The van der Waals surface area contributed by atoms with Gasteiger partial charge in [-0.1, -0.05) is 32.1 Å². The summed E-state index contributed by atoms with van der Waals surface area (Å²) < 4.78 is 75.7. The molecule has 3 fully saturated rings. The van der Waals surface area contributed by atoms with Crippen LogP contribution in [0.25, 0.3) is 5.65 Å². The topological polar surface area (TPSA) is 96.2 Å². The van der Waals surface area contributed by atoms with Crippen LogP contribution in [-0.4, -0.2) is 65.3 Å². The minimum absolute atomic E-state index is 0.0160. The average molecular weight is 713 g/mol. The molecule has 1 saturated carbocycles. The van der Waals surface area contributed by atoms with Gasteiger partial charge in [0.2, 0.25) is 0 Å². The van der Waals surface area contributed by atoms with Gasteiger partial charge in [0.05, 0.1) is 34.5 Å². The highest BCUT2D eigenvalue weighted by molar-refractivity contribution is 9.10. The van der Waals surface area contributed by atoms with Crippen LogP contribution in [0.4, 0.5) is 17.6 Å². The van der Waals surface area contributed by atoms with Gasteiger partial charge in [0.15, 0.2) is 17.7 Å². The Balaban J connectivity index is 0.000000156. The van der Waals surface area contributed by atoms with Crippen molar-refractivity contribution in [3.8, 4) is 0 Å². The molecule has 4 heterocycles. The largest absolute Gasteiger partial charge is 0.490 e. The number of nitrogens with zero attached hydrogens (tertiary/aromatic N) is 3. The minimum atomic E-state index is -4.63. The normalized spacial score (nSPS) is 24.1. The van der Waals surface area contributed by atoms with Crippen molar-refractivity contribution in [2.75, 3.05) is 20.3 Å². The average Bonchev–Trinajstić information content (AvgIpc) is 3.51. The Kier molecular flexibility index (Phi) is 11.5. The zero-order valence-corrected chi connectivity index (χ0v) is 28.0. The van der Waals surface area contributed by atoms with Crippen LogP contribution in [0.3, 0.4) is 0 Å². The number of pyridine rings is 1. The first-order valence-corrected chi connectivity index (χ1v) is 15.9. The number of halogens is 5. The number of ether oxygens (including phenoxy) is 2. The van der Waals surface area contributed by atoms with Gasteiger partial charge in [-0.2, -0.15) is 18.3 Å². The number of carbonyl (C=O) groups is 1. The fraction of sp³-hybridized carbons (Fsp3) is 0.516. The van der Waals surface area contributed by atoms with Gasteiger partial charge >= 0.3 is 13.3 Å². The summed E-state index contributed by atoms with van der Waals surface area (Å²) in [5.74, 6) is -1.55. The third-order valence-electron chi connectivity index (χ3n) is 8.23. The van der Waals surface area contributed by atoms with Crippen LogP contribution in [0.1, 0.15) is 74.9 Å². The van der Waals surface area contributed by atoms with E-state index in [1.165, 1.54) is 23.9 Å². The van der Waals surface area contributed by atoms with Gasteiger partial charge in [-0.3, -0.25) is 4.79 Å². The number of nitrogens with one attached hydrogen (secondary N) is 1. The van der Waals surface area contributed by atoms with Crippen molar-refractivity contribution in [3.05, 3.63) is 75.3 Å². The number of aromatic nitrogens is 3. The maximum Gasteiger partial charge on any atom is 0.490 e. The molecule has 4 aliphatic rings. The van der Waals surface area contributed by atoms with Gasteiger partial charge < -0.3 is 24.1 Å². The van der Waals surface area contributed by atoms with E-state index in [4.69, 9.17) is 18.8 Å². The highest BCUT2D eigenvalue weighted by Crippen LogP contribution is 2.59. The van der Waals surface area contributed by atoms with Crippen molar-refractivity contribution in [3.63, 3.8) is 0 Å². The highest BCUT2D eigenvalue weighted by atomic mass is 79.9. The molecule has 2 aliphatic heterocycles. The number of alkyl halides is 3. The van der Waals surface area contributed by atoms with Gasteiger partial charge in [0.1, 0.15) is 12.1 Å². The molecule has 1 aromatic carbocycles. The fourth-order valence-corrected chi connectivity index (χ4v) is 6.02. The number of allylic oxidation sites excluding steroid dienone is 1. The van der Waals surface area contributed by atoms with E-state index in [2.05, 4.69) is 51.3 Å². The molecule has 9 nitrogen and oxygen atoms in total. The molecule has 0 bridgehead atoms. The molecule has 0 amide bonds. The molecule has 2 aliphatic carbocycles. The Morgan fingerprint density at radius 3 is 2.39 bits per heavy atom. The molecule has 3 aromatic rings. The van der Waals surface area contributed by atoms with Crippen molar-refractivity contribution in [2.24, 2.45) is 0 Å². The second-order valence-electron chi connectivity index (χ2n) is 11.4. The summed E-state index contributed by atoms with van der Waals surface area (Å²) >= 11 is 3.29. The number of carbonyl (C=O) groups excluding carboxylic acids is 1. The van der Waals surface area contributed by atoms with E-state index >= 15 is 0 Å². The SMILES string of the molecule is CC.CC12CC1(C)OB(C1=CCC3(CC1)OCCO3)O2.CNCc1cccc(C(F)(F)F)c1F.O=Cc1cc(Br)c2ncnn2c1. The standard InChI is InChI=1S/C13H19BO4.C9H9F4N.C7H4BrN3O.C2H6/c1-11-9-12(11,2)18-14(17-11)10-3-5-13(6-4-10)15-7-8-16-13;1-14-5-6-3-2-4-7(8(6)10)9(11,12)13;8-6-1-5(3-12)2-11-7(6)9-4-10-11;1-2/h3H,4-9H2,1-2H3;2-4,14H,5H2,1H3;1-4H;1-2H3. The molecule has 2 unspecified atom stereocenters. The van der Waals surface area contributed by atoms with Crippen molar-refractivity contribution >= 4 is 35.0 Å². The third kappa shape index (κ3) is 7.88. The molecular formula is C31H38BBrF4N4O5. The van der Waals surface area contributed by atoms with E-state index in [9.17, 15) is 22.4 Å². The van der Waals surface area contributed by atoms with Gasteiger partial charge in [-0.25, -0.2) is 13.9 Å². The number of fused-ring (bicyclic) bond motifs is 2. The first-order chi connectivity index (χ1) is 21.8. The fourth-order valence-electron chi connectivity index (χ4n) is 5.47. The van der Waals surface area contributed by atoms with Crippen molar-refractivity contribution < 1.29 is 41.1 Å². The summed E-state index contributed by atoms with van der Waals surface area (Å²) in [5.41, 5.74) is 1.21. The maximum atomic E-state index is 13.2. The molecule has 2 saturated heterocycles. The summed E-state index contributed by atoms with van der Waals surface area (Å²) in [5, 5.41) is 6.50. The Morgan fingerprint density at radius 1 is 1.15 bits per heavy atom. The van der Waals surface area contributed by atoms with Gasteiger partial charge in [-0.15, -0.1) is 0 Å². The van der Waals surface area contributed by atoms with Crippen LogP contribution in [0.2, 0.25) is 0 Å². The molecule has 250 valence electrons. The van der Waals surface area contributed by atoms with Gasteiger partial charge in [0, 0.05) is 43.1 Å². The first-order valence-electron chi connectivity index (χ1n) is 15.1. The van der Waals surface area contributed by atoms with E-state index in [0.29, 0.717) is 11.2 Å². The number of benzene rings is 1. The second-order valence-corrected chi connectivity index (χ2v) is 12.2. The number of hydrogen-bond donors (Lipinski definition) is 1. The highest BCUT2D eigenvalue weighted by Gasteiger charge is 2.71. The van der Waals surface area contributed by atoms with Crippen molar-refractivity contribution in [1.29, 1.82) is 0 Å². The second kappa shape index (κ2) is 14.6. The van der Waals surface area contributed by atoms with Crippen molar-refractivity contribution in [2.45, 2.75) is 83.1 Å². The van der Waals surface area contributed by atoms with E-state index in [1.807, 2.05) is 13.8 Å². The summed E-state index contributed by atoms with van der Waals surface area (Å²) in [6, 6.07) is 4.95. The van der Waals surface area contributed by atoms with Crippen LogP contribution >= 0.6 is 15.9 Å². The number of hydrogen-bond acceptors (Lipinski definition) is 8. The van der Waals surface area contributed by atoms with Crippen LogP contribution in [-0.2, 0) is 31.5 Å². The van der Waals surface area contributed by atoms with Crippen LogP contribution in [0.15, 0.2) is 52.8 Å². The van der Waals surface area contributed by atoms with E-state index < -0.39 is 17.6 Å². The Hall–Kier alpha value is -2.69. The van der Waals surface area contributed by atoms with Gasteiger partial charge in [-0.05, 0) is 60.9 Å². The summed E-state index contributed by atoms with van der Waals surface area (Å²) in [6.07, 6.45) is 5.08. The summed E-state index contributed by atoms with van der Waals surface area (Å²) in [4.78, 5) is 14.4. The molecule has 15 heteroatoms. The maximum absolute atomic E-state index is 13.2. The molecule has 46 heavy (non-hydrogen) atoms.